The molecule has 0 aromatic rings. The van der Waals surface area contributed by atoms with E-state index in [0.29, 0.717) is 31.3 Å². The van der Waals surface area contributed by atoms with Gasteiger partial charge in [-0.1, -0.05) is 25.7 Å². The Morgan fingerprint density at radius 1 is 0.880 bits per heavy atom. The van der Waals surface area contributed by atoms with Crippen molar-refractivity contribution in [1.82, 2.24) is 0 Å². The summed E-state index contributed by atoms with van der Waals surface area (Å²) in [5, 5.41) is 0. The fraction of sp³-hybridized carbons (Fsp3) is 1.00. The molecule has 2 rings (SSSR count). The molecule has 148 valence electrons. The maximum absolute atomic E-state index is 5.99. The number of hydrogen-bond acceptors (Lipinski definition) is 4. The van der Waals surface area contributed by atoms with Gasteiger partial charge >= 0.3 is 8.80 Å². The predicted octanol–water partition coefficient (Wildman–Crippen LogP) is 5.33. The van der Waals surface area contributed by atoms with Gasteiger partial charge in [-0.3, -0.25) is 0 Å². The van der Waals surface area contributed by atoms with Crippen molar-refractivity contribution in [3.05, 3.63) is 0 Å². The molecule has 0 spiro atoms. The quantitative estimate of drug-likeness (QED) is 0.235. The molecule has 1 heterocycles. The summed E-state index contributed by atoms with van der Waals surface area (Å²) in [5.41, 5.74) is 0.581. The molecule has 5 heteroatoms. The Balaban J connectivity index is 1.80. The maximum atomic E-state index is 5.99. The predicted molar refractivity (Wildman–Crippen MR) is 104 cm³/mol. The Labute approximate surface area is 156 Å². The van der Waals surface area contributed by atoms with Gasteiger partial charge in [0.1, 0.15) is 0 Å². The van der Waals surface area contributed by atoms with E-state index in [4.69, 9.17) is 18.0 Å². The second-order valence-electron chi connectivity index (χ2n) is 7.74. The molecule has 0 aromatic carbocycles. The highest BCUT2D eigenvalue weighted by Crippen LogP contribution is 2.45. The molecule has 1 aliphatic heterocycles. The zero-order chi connectivity index (χ0) is 18.0. The van der Waals surface area contributed by atoms with Crippen molar-refractivity contribution < 1.29 is 18.0 Å². The molecular weight excluding hydrogens is 332 g/mol. The van der Waals surface area contributed by atoms with Crippen molar-refractivity contribution in [2.45, 2.75) is 97.1 Å². The van der Waals surface area contributed by atoms with E-state index < -0.39 is 8.80 Å². The molecular formula is C20H40O4Si. The average Bonchev–Trinajstić information content (AvgIpc) is 3.43. The van der Waals surface area contributed by atoms with Gasteiger partial charge in [-0.05, 0) is 64.7 Å². The van der Waals surface area contributed by atoms with Crippen LogP contribution >= 0.6 is 0 Å². The summed E-state index contributed by atoms with van der Waals surface area (Å²) in [6.45, 7) is 9.15. The monoisotopic (exact) mass is 372 g/mol. The van der Waals surface area contributed by atoms with Crippen LogP contribution in [0.3, 0.4) is 0 Å². The molecule has 0 bridgehead atoms. The molecule has 1 saturated carbocycles. The summed E-state index contributed by atoms with van der Waals surface area (Å²) in [5.74, 6) is 0. The Kier molecular flexibility index (Phi) is 9.42. The van der Waals surface area contributed by atoms with Gasteiger partial charge in [0, 0.05) is 25.9 Å². The largest absolute Gasteiger partial charge is 0.500 e. The average molecular weight is 373 g/mol. The maximum Gasteiger partial charge on any atom is 0.500 e. The Hall–Kier alpha value is 0.0569. The molecule has 0 aromatic heterocycles. The Morgan fingerprint density at radius 2 is 1.48 bits per heavy atom. The molecule has 2 fully saturated rings. The molecule has 1 unspecified atom stereocenters. The zero-order valence-corrected chi connectivity index (χ0v) is 17.8. The highest BCUT2D eigenvalue weighted by atomic mass is 28.4. The third-order valence-electron chi connectivity index (χ3n) is 5.85. The van der Waals surface area contributed by atoms with E-state index in [-0.39, 0.29) is 0 Å². The second kappa shape index (κ2) is 11.0. The molecule has 1 aliphatic carbocycles. The van der Waals surface area contributed by atoms with Crippen LogP contribution in [-0.4, -0.2) is 41.3 Å². The molecule has 0 amide bonds. The van der Waals surface area contributed by atoms with Crippen LogP contribution in [0.1, 0.15) is 85.0 Å². The summed E-state index contributed by atoms with van der Waals surface area (Å²) < 4.78 is 23.4. The van der Waals surface area contributed by atoms with Crippen LogP contribution in [0.4, 0.5) is 0 Å². The van der Waals surface area contributed by atoms with Gasteiger partial charge < -0.3 is 18.0 Å². The minimum absolute atomic E-state index is 0.577. The van der Waals surface area contributed by atoms with Gasteiger partial charge in [0.25, 0.3) is 0 Å². The van der Waals surface area contributed by atoms with E-state index in [1.54, 1.807) is 0 Å². The van der Waals surface area contributed by atoms with Gasteiger partial charge in [-0.2, -0.15) is 0 Å². The lowest BCUT2D eigenvalue weighted by molar-refractivity contribution is 0.0698. The van der Waals surface area contributed by atoms with Gasteiger partial charge in [0.15, 0.2) is 0 Å². The Bertz CT molecular complexity index is 337. The van der Waals surface area contributed by atoms with Crippen molar-refractivity contribution in [2.75, 3.05) is 26.4 Å². The molecule has 0 radical (unpaired) electrons. The van der Waals surface area contributed by atoms with Crippen LogP contribution in [0.2, 0.25) is 6.04 Å². The summed E-state index contributed by atoms with van der Waals surface area (Å²) in [6, 6.07) is 0.963. The van der Waals surface area contributed by atoms with Crippen molar-refractivity contribution in [1.29, 1.82) is 0 Å². The van der Waals surface area contributed by atoms with Crippen LogP contribution in [0.15, 0.2) is 0 Å². The minimum atomic E-state index is -2.45. The van der Waals surface area contributed by atoms with Crippen molar-refractivity contribution in [2.24, 2.45) is 5.41 Å². The molecule has 4 nitrogen and oxygen atoms in total. The lowest BCUT2D eigenvalue weighted by Gasteiger charge is -2.38. The topological polar surface area (TPSA) is 40.2 Å². The first-order chi connectivity index (χ1) is 12.2. The smallest absolute Gasteiger partial charge is 0.374 e. The van der Waals surface area contributed by atoms with E-state index in [0.717, 1.165) is 19.1 Å². The highest BCUT2D eigenvalue weighted by Gasteiger charge is 2.40. The van der Waals surface area contributed by atoms with E-state index in [1.165, 1.54) is 57.8 Å². The van der Waals surface area contributed by atoms with Crippen LogP contribution in [0.5, 0.6) is 0 Å². The third-order valence-corrected chi connectivity index (χ3v) is 9.00. The minimum Gasteiger partial charge on any atom is -0.374 e. The highest BCUT2D eigenvalue weighted by molar-refractivity contribution is 6.60. The first-order valence-corrected chi connectivity index (χ1v) is 12.6. The molecule has 25 heavy (non-hydrogen) atoms. The first-order valence-electron chi connectivity index (χ1n) is 10.7. The van der Waals surface area contributed by atoms with E-state index >= 15 is 0 Å². The molecule has 0 N–H and O–H groups in total. The summed E-state index contributed by atoms with van der Waals surface area (Å²) in [6.07, 6.45) is 14.1. The van der Waals surface area contributed by atoms with Crippen LogP contribution in [0, 0.1) is 5.41 Å². The third kappa shape index (κ3) is 7.29. The van der Waals surface area contributed by atoms with Crippen LogP contribution in [0.25, 0.3) is 0 Å². The van der Waals surface area contributed by atoms with Crippen LogP contribution in [-0.2, 0) is 18.0 Å². The van der Waals surface area contributed by atoms with Gasteiger partial charge in [-0.15, -0.1) is 0 Å². The SMILES string of the molecule is CCO[Si](CCCCC1(CCC2CO2)CCCCC1)(OCC)OCC. The van der Waals surface area contributed by atoms with Crippen molar-refractivity contribution in [3.8, 4) is 0 Å². The lowest BCUT2D eigenvalue weighted by atomic mass is 9.68. The number of epoxide rings is 1. The fourth-order valence-corrected chi connectivity index (χ4v) is 7.16. The van der Waals surface area contributed by atoms with E-state index in [9.17, 15) is 0 Å². The molecule has 1 saturated heterocycles. The standard InChI is InChI=1S/C20H40O4Si/c1-4-22-25(23-5-2,24-6-3)17-11-10-15-20(13-8-7-9-14-20)16-12-19-18-21-19/h19H,4-18H2,1-3H3. The molecule has 2 aliphatic rings. The van der Waals surface area contributed by atoms with Gasteiger partial charge in [-0.25, -0.2) is 0 Å². The van der Waals surface area contributed by atoms with Crippen LogP contribution < -0.4 is 0 Å². The number of hydrogen-bond donors (Lipinski definition) is 0. The lowest BCUT2D eigenvalue weighted by Crippen LogP contribution is -2.45. The van der Waals surface area contributed by atoms with Crippen molar-refractivity contribution in [3.63, 3.8) is 0 Å². The fourth-order valence-electron chi connectivity index (χ4n) is 4.47. The van der Waals surface area contributed by atoms with E-state index in [1.807, 2.05) is 20.8 Å². The van der Waals surface area contributed by atoms with E-state index in [2.05, 4.69) is 0 Å². The second-order valence-corrected chi connectivity index (χ2v) is 10.5. The number of rotatable bonds is 14. The number of unbranched alkanes of at least 4 members (excludes halogenated alkanes) is 1. The summed E-state index contributed by atoms with van der Waals surface area (Å²) in [4.78, 5) is 0. The van der Waals surface area contributed by atoms with Crippen molar-refractivity contribution >= 4 is 8.80 Å². The van der Waals surface area contributed by atoms with Gasteiger partial charge in [0.2, 0.25) is 0 Å². The zero-order valence-electron chi connectivity index (χ0n) is 16.8. The number of ether oxygens (including phenoxy) is 1. The molecule has 1 atom stereocenters. The van der Waals surface area contributed by atoms with Gasteiger partial charge in [0.05, 0.1) is 12.7 Å². The first kappa shape index (κ1) is 21.4. The Morgan fingerprint density at radius 3 is 2.00 bits per heavy atom. The summed E-state index contributed by atoms with van der Waals surface area (Å²) in [7, 11) is -2.45. The summed E-state index contributed by atoms with van der Waals surface area (Å²) >= 11 is 0. The normalized spacial score (nSPS) is 22.9.